The largest absolute Gasteiger partial charge is 0.355 e. The number of likely N-dealkylation sites (N-methyl/N-ethyl adjacent to an activating group) is 1. The van der Waals surface area contributed by atoms with Gasteiger partial charge in [0.25, 0.3) is 0 Å². The number of carbonyl (C=O) groups is 1. The first-order chi connectivity index (χ1) is 9.02. The first-order valence-electron chi connectivity index (χ1n) is 7.67. The van der Waals surface area contributed by atoms with Crippen LogP contribution in [-0.4, -0.2) is 50.1 Å². The Labute approximate surface area is 118 Å². The van der Waals surface area contributed by atoms with Gasteiger partial charge in [-0.2, -0.15) is 0 Å². The first kappa shape index (κ1) is 16.4. The predicted molar refractivity (Wildman–Crippen MR) is 80.2 cm³/mol. The fraction of sp³-hybridized carbons (Fsp3) is 0.933. The molecule has 0 saturated heterocycles. The van der Waals surface area contributed by atoms with E-state index >= 15 is 0 Å². The fourth-order valence-corrected chi connectivity index (χ4v) is 2.72. The fourth-order valence-electron chi connectivity index (χ4n) is 2.72. The summed E-state index contributed by atoms with van der Waals surface area (Å²) in [5, 5.41) is 6.36. The minimum absolute atomic E-state index is 0.166. The highest BCUT2D eigenvalue weighted by Crippen LogP contribution is 2.21. The molecule has 0 heterocycles. The van der Waals surface area contributed by atoms with Gasteiger partial charge in [-0.1, -0.05) is 13.8 Å². The SMILES string of the molecule is CNC1CCC(N(C)CC(=O)NCCC(C)C)CC1. The summed E-state index contributed by atoms with van der Waals surface area (Å²) in [6, 6.07) is 1.24. The van der Waals surface area contributed by atoms with Gasteiger partial charge in [0.05, 0.1) is 6.54 Å². The number of nitrogens with zero attached hydrogens (tertiary/aromatic N) is 1. The highest BCUT2D eigenvalue weighted by atomic mass is 16.2. The Hall–Kier alpha value is -0.610. The van der Waals surface area contributed by atoms with E-state index in [0.29, 0.717) is 24.5 Å². The van der Waals surface area contributed by atoms with Crippen molar-refractivity contribution in [3.8, 4) is 0 Å². The van der Waals surface area contributed by atoms with E-state index in [4.69, 9.17) is 0 Å². The molecular weight excluding hydrogens is 238 g/mol. The zero-order valence-corrected chi connectivity index (χ0v) is 13.0. The molecule has 1 aliphatic carbocycles. The standard InChI is InChI=1S/C15H31N3O/c1-12(2)9-10-17-15(19)11-18(4)14-7-5-13(16-3)6-8-14/h12-14,16H,5-11H2,1-4H3,(H,17,19). The van der Waals surface area contributed by atoms with E-state index in [1.165, 1.54) is 25.7 Å². The van der Waals surface area contributed by atoms with Gasteiger partial charge in [0, 0.05) is 18.6 Å². The number of rotatable bonds is 7. The van der Waals surface area contributed by atoms with Crippen LogP contribution in [0.4, 0.5) is 0 Å². The Morgan fingerprint density at radius 3 is 2.42 bits per heavy atom. The van der Waals surface area contributed by atoms with Crippen molar-refractivity contribution in [2.24, 2.45) is 5.92 Å². The molecule has 0 unspecified atom stereocenters. The number of carbonyl (C=O) groups excluding carboxylic acids is 1. The zero-order valence-electron chi connectivity index (χ0n) is 13.0. The van der Waals surface area contributed by atoms with Gasteiger partial charge in [-0.15, -0.1) is 0 Å². The smallest absolute Gasteiger partial charge is 0.234 e. The minimum Gasteiger partial charge on any atom is -0.355 e. The van der Waals surface area contributed by atoms with E-state index in [1.54, 1.807) is 0 Å². The summed E-state index contributed by atoms with van der Waals surface area (Å²) in [6.45, 7) is 5.70. The van der Waals surface area contributed by atoms with Crippen molar-refractivity contribution in [1.29, 1.82) is 0 Å². The molecule has 0 aromatic heterocycles. The van der Waals surface area contributed by atoms with Gasteiger partial charge in [-0.25, -0.2) is 0 Å². The maximum Gasteiger partial charge on any atom is 0.234 e. The van der Waals surface area contributed by atoms with Gasteiger partial charge >= 0.3 is 0 Å². The Morgan fingerprint density at radius 1 is 1.26 bits per heavy atom. The Bertz CT molecular complexity index is 260. The van der Waals surface area contributed by atoms with Crippen molar-refractivity contribution >= 4 is 5.91 Å². The number of hydrogen-bond donors (Lipinski definition) is 2. The molecule has 0 bridgehead atoms. The maximum atomic E-state index is 11.8. The molecule has 112 valence electrons. The second-order valence-electron chi connectivity index (χ2n) is 6.24. The quantitative estimate of drug-likeness (QED) is 0.738. The normalized spacial score (nSPS) is 23.9. The Morgan fingerprint density at radius 2 is 1.89 bits per heavy atom. The maximum absolute atomic E-state index is 11.8. The molecule has 0 aromatic rings. The summed E-state index contributed by atoms with van der Waals surface area (Å²) in [7, 11) is 4.11. The average molecular weight is 269 g/mol. The summed E-state index contributed by atoms with van der Waals surface area (Å²) >= 11 is 0. The molecule has 0 atom stereocenters. The summed E-state index contributed by atoms with van der Waals surface area (Å²) in [5.41, 5.74) is 0. The molecular formula is C15H31N3O. The minimum atomic E-state index is 0.166. The third kappa shape index (κ3) is 6.39. The van der Waals surface area contributed by atoms with Crippen molar-refractivity contribution in [2.75, 3.05) is 27.2 Å². The molecule has 4 heteroatoms. The third-order valence-corrected chi connectivity index (χ3v) is 4.17. The van der Waals surface area contributed by atoms with Gasteiger partial charge < -0.3 is 10.6 Å². The van der Waals surface area contributed by atoms with Crippen LogP contribution in [0.2, 0.25) is 0 Å². The van der Waals surface area contributed by atoms with Crippen LogP contribution >= 0.6 is 0 Å². The van der Waals surface area contributed by atoms with Crippen molar-refractivity contribution in [1.82, 2.24) is 15.5 Å². The second kappa shape index (κ2) is 8.54. The van der Waals surface area contributed by atoms with Crippen LogP contribution in [0.5, 0.6) is 0 Å². The van der Waals surface area contributed by atoms with Gasteiger partial charge in [0.2, 0.25) is 5.91 Å². The van der Waals surface area contributed by atoms with Crippen LogP contribution in [0, 0.1) is 5.92 Å². The topological polar surface area (TPSA) is 44.4 Å². The van der Waals surface area contributed by atoms with Crippen molar-refractivity contribution in [3.05, 3.63) is 0 Å². The molecule has 0 spiro atoms. The van der Waals surface area contributed by atoms with Gasteiger partial charge in [0.1, 0.15) is 0 Å². The molecule has 1 rings (SSSR count). The van der Waals surface area contributed by atoms with E-state index < -0.39 is 0 Å². The highest BCUT2D eigenvalue weighted by molar-refractivity contribution is 5.77. The van der Waals surface area contributed by atoms with Crippen molar-refractivity contribution in [3.63, 3.8) is 0 Å². The molecule has 0 aliphatic heterocycles. The average Bonchev–Trinajstić information content (AvgIpc) is 2.38. The molecule has 1 fully saturated rings. The van der Waals surface area contributed by atoms with Crippen LogP contribution in [0.25, 0.3) is 0 Å². The molecule has 1 aliphatic rings. The number of nitrogens with one attached hydrogen (secondary N) is 2. The Kier molecular flexibility index (Phi) is 7.39. The molecule has 0 aromatic carbocycles. The van der Waals surface area contributed by atoms with Crippen molar-refractivity contribution < 1.29 is 4.79 Å². The second-order valence-corrected chi connectivity index (χ2v) is 6.24. The monoisotopic (exact) mass is 269 g/mol. The lowest BCUT2D eigenvalue weighted by Gasteiger charge is -2.34. The van der Waals surface area contributed by atoms with Crippen LogP contribution in [0.15, 0.2) is 0 Å². The zero-order chi connectivity index (χ0) is 14.3. The lowest BCUT2D eigenvalue weighted by molar-refractivity contribution is -0.122. The summed E-state index contributed by atoms with van der Waals surface area (Å²) in [4.78, 5) is 14.1. The third-order valence-electron chi connectivity index (χ3n) is 4.17. The van der Waals surface area contributed by atoms with E-state index in [2.05, 4.69) is 36.4 Å². The Balaban J connectivity index is 2.19. The van der Waals surface area contributed by atoms with Gasteiger partial charge in [-0.05, 0) is 52.1 Å². The number of hydrogen-bond acceptors (Lipinski definition) is 3. The van der Waals surface area contributed by atoms with Gasteiger partial charge in [-0.3, -0.25) is 9.69 Å². The molecule has 2 N–H and O–H groups in total. The van der Waals surface area contributed by atoms with E-state index in [0.717, 1.165) is 13.0 Å². The molecule has 1 saturated carbocycles. The van der Waals surface area contributed by atoms with E-state index in [1.807, 2.05) is 7.05 Å². The number of amides is 1. The lowest BCUT2D eigenvalue weighted by atomic mass is 9.90. The van der Waals surface area contributed by atoms with Gasteiger partial charge in [0.15, 0.2) is 0 Å². The summed E-state index contributed by atoms with van der Waals surface area (Å²) in [5.74, 6) is 0.814. The van der Waals surface area contributed by atoms with Crippen LogP contribution in [0.3, 0.4) is 0 Å². The van der Waals surface area contributed by atoms with E-state index in [9.17, 15) is 4.79 Å². The summed E-state index contributed by atoms with van der Waals surface area (Å²) < 4.78 is 0. The molecule has 19 heavy (non-hydrogen) atoms. The molecule has 1 amide bonds. The molecule has 4 nitrogen and oxygen atoms in total. The first-order valence-corrected chi connectivity index (χ1v) is 7.67. The highest BCUT2D eigenvalue weighted by Gasteiger charge is 2.23. The predicted octanol–water partition coefficient (Wildman–Crippen LogP) is 1.61. The van der Waals surface area contributed by atoms with E-state index in [-0.39, 0.29) is 5.91 Å². The summed E-state index contributed by atoms with van der Waals surface area (Å²) in [6.07, 6.45) is 5.90. The van der Waals surface area contributed by atoms with Crippen molar-refractivity contribution in [2.45, 2.75) is 58.0 Å². The van der Waals surface area contributed by atoms with Crippen LogP contribution < -0.4 is 10.6 Å². The van der Waals surface area contributed by atoms with Crippen LogP contribution in [0.1, 0.15) is 46.0 Å². The van der Waals surface area contributed by atoms with Crippen LogP contribution in [-0.2, 0) is 4.79 Å². The lowest BCUT2D eigenvalue weighted by Crippen LogP contribution is -2.44. The molecule has 0 radical (unpaired) electrons.